The van der Waals surface area contributed by atoms with Crippen LogP contribution in [0, 0.1) is 11.8 Å². The summed E-state index contributed by atoms with van der Waals surface area (Å²) in [5.74, 6) is 1.56. The maximum atomic E-state index is 12.7. The molecule has 0 amide bonds. The molecule has 1 heterocycles. The van der Waals surface area contributed by atoms with Gasteiger partial charge in [0.05, 0.1) is 12.0 Å². The second-order valence-corrected chi connectivity index (χ2v) is 8.20. The largest absolute Gasteiger partial charge is 0.494 e. The Morgan fingerprint density at radius 1 is 1.29 bits per heavy atom. The molecule has 2 aliphatic rings. The summed E-state index contributed by atoms with van der Waals surface area (Å²) in [6.45, 7) is 0. The molecule has 0 spiro atoms. The molecule has 1 N–H and O–H groups in total. The Bertz CT molecular complexity index is 837. The van der Waals surface area contributed by atoms with Gasteiger partial charge < -0.3 is 4.74 Å². The molecule has 9 heteroatoms. The van der Waals surface area contributed by atoms with Gasteiger partial charge >= 0.3 is 0 Å². The minimum atomic E-state index is -3.58. The molecular formula is C15H19N5O3S. The molecule has 2 saturated carbocycles. The van der Waals surface area contributed by atoms with E-state index in [0.717, 1.165) is 19.3 Å². The quantitative estimate of drug-likeness (QED) is 0.869. The molecule has 0 radical (unpaired) electrons. The molecule has 2 aromatic rings. The molecule has 3 atom stereocenters. The Kier molecular flexibility index (Phi) is 3.76. The summed E-state index contributed by atoms with van der Waals surface area (Å²) in [4.78, 5) is 0.193. The molecule has 8 nitrogen and oxygen atoms in total. The molecule has 0 unspecified atom stereocenters. The smallest absolute Gasteiger partial charge is 0.240 e. The lowest BCUT2D eigenvalue weighted by molar-refractivity contribution is 0.389. The summed E-state index contributed by atoms with van der Waals surface area (Å²) in [5.41, 5.74) is 0.585. The summed E-state index contributed by atoms with van der Waals surface area (Å²) >= 11 is 0. The lowest BCUT2D eigenvalue weighted by Crippen LogP contribution is -2.38. The summed E-state index contributed by atoms with van der Waals surface area (Å²) in [5, 5.41) is 11.0. The van der Waals surface area contributed by atoms with Crippen molar-refractivity contribution in [2.24, 2.45) is 11.8 Å². The van der Waals surface area contributed by atoms with Crippen molar-refractivity contribution in [1.82, 2.24) is 24.9 Å². The van der Waals surface area contributed by atoms with Gasteiger partial charge in [0.1, 0.15) is 17.8 Å². The summed E-state index contributed by atoms with van der Waals surface area (Å²) in [6.07, 6.45) is 5.88. The van der Waals surface area contributed by atoms with Crippen molar-refractivity contribution in [3.8, 4) is 11.4 Å². The zero-order valence-corrected chi connectivity index (χ0v) is 14.1. The lowest BCUT2D eigenvalue weighted by Gasteiger charge is -2.23. The van der Waals surface area contributed by atoms with E-state index >= 15 is 0 Å². The Labute approximate surface area is 140 Å². The van der Waals surface area contributed by atoms with Gasteiger partial charge in [-0.1, -0.05) is 6.42 Å². The Morgan fingerprint density at radius 2 is 2.17 bits per heavy atom. The van der Waals surface area contributed by atoms with E-state index in [4.69, 9.17) is 4.74 Å². The number of benzene rings is 1. The summed E-state index contributed by atoms with van der Waals surface area (Å²) < 4.78 is 35.1. The summed E-state index contributed by atoms with van der Waals surface area (Å²) in [7, 11) is -2.09. The van der Waals surface area contributed by atoms with Crippen LogP contribution in [0.5, 0.6) is 5.75 Å². The van der Waals surface area contributed by atoms with Gasteiger partial charge in [0.15, 0.2) is 0 Å². The molecule has 24 heavy (non-hydrogen) atoms. The van der Waals surface area contributed by atoms with E-state index in [1.807, 2.05) is 0 Å². The monoisotopic (exact) mass is 349 g/mol. The van der Waals surface area contributed by atoms with Gasteiger partial charge in [-0.05, 0) is 53.7 Å². The van der Waals surface area contributed by atoms with Gasteiger partial charge in [-0.3, -0.25) is 0 Å². The number of rotatable bonds is 5. The Hall–Kier alpha value is -2.00. The standard InChI is InChI=1S/C15H19N5O3S/c1-23-15-8-12(4-5-14(15)20-9-16-18-19-20)24(21,22)17-13-7-10-2-3-11(13)6-10/h4-5,8-11,13,17H,2-3,6-7H2,1H3/t10-,11+,13+/m0/s1. The fourth-order valence-corrected chi connectivity index (χ4v) is 5.28. The van der Waals surface area contributed by atoms with Crippen LogP contribution >= 0.6 is 0 Å². The first kappa shape index (κ1) is 15.5. The predicted molar refractivity (Wildman–Crippen MR) is 85.3 cm³/mol. The van der Waals surface area contributed by atoms with Crippen LogP contribution in [0.3, 0.4) is 0 Å². The van der Waals surface area contributed by atoms with Gasteiger partial charge in [0, 0.05) is 12.1 Å². The first-order valence-corrected chi connectivity index (χ1v) is 9.49. The van der Waals surface area contributed by atoms with Crippen molar-refractivity contribution < 1.29 is 13.2 Å². The van der Waals surface area contributed by atoms with Crippen molar-refractivity contribution in [1.29, 1.82) is 0 Å². The third kappa shape index (κ3) is 2.67. The van der Waals surface area contributed by atoms with Crippen molar-refractivity contribution in [2.75, 3.05) is 7.11 Å². The maximum Gasteiger partial charge on any atom is 0.240 e. The number of nitrogens with zero attached hydrogens (tertiary/aromatic N) is 4. The number of aromatic nitrogens is 4. The highest BCUT2D eigenvalue weighted by Gasteiger charge is 2.41. The highest BCUT2D eigenvalue weighted by molar-refractivity contribution is 7.89. The highest BCUT2D eigenvalue weighted by atomic mass is 32.2. The number of hydrogen-bond acceptors (Lipinski definition) is 6. The Balaban J connectivity index is 1.61. The lowest BCUT2D eigenvalue weighted by atomic mass is 9.96. The predicted octanol–water partition coefficient (Wildman–Crippen LogP) is 1.14. The van der Waals surface area contributed by atoms with Crippen LogP contribution in [0.25, 0.3) is 5.69 Å². The number of methoxy groups -OCH3 is 1. The van der Waals surface area contributed by atoms with Crippen molar-refractivity contribution in [3.63, 3.8) is 0 Å². The van der Waals surface area contributed by atoms with Crippen molar-refractivity contribution in [2.45, 2.75) is 36.6 Å². The molecule has 2 bridgehead atoms. The fourth-order valence-electron chi connectivity index (χ4n) is 3.94. The molecule has 2 aliphatic carbocycles. The van der Waals surface area contributed by atoms with Gasteiger partial charge in [0.25, 0.3) is 0 Å². The number of nitrogens with one attached hydrogen (secondary N) is 1. The fraction of sp³-hybridized carbons (Fsp3) is 0.533. The number of tetrazole rings is 1. The average Bonchev–Trinajstić information content (AvgIpc) is 3.31. The SMILES string of the molecule is COc1cc(S(=O)(=O)N[C@@H]2C[C@H]3CC[C@@H]2C3)ccc1-n1cnnn1. The van der Waals surface area contributed by atoms with Crippen LogP contribution in [-0.4, -0.2) is 41.8 Å². The number of sulfonamides is 1. The average molecular weight is 349 g/mol. The minimum absolute atomic E-state index is 0.0546. The van der Waals surface area contributed by atoms with Crippen LogP contribution in [0.1, 0.15) is 25.7 Å². The van der Waals surface area contributed by atoms with E-state index in [9.17, 15) is 8.42 Å². The van der Waals surface area contributed by atoms with Crippen LogP contribution in [0.4, 0.5) is 0 Å². The first-order valence-electron chi connectivity index (χ1n) is 8.00. The van der Waals surface area contributed by atoms with E-state index in [1.54, 1.807) is 12.1 Å². The normalized spacial score (nSPS) is 26.0. The van der Waals surface area contributed by atoms with Crippen LogP contribution in [-0.2, 0) is 10.0 Å². The van der Waals surface area contributed by atoms with Gasteiger partial charge in [0.2, 0.25) is 10.0 Å². The van der Waals surface area contributed by atoms with Gasteiger partial charge in [-0.25, -0.2) is 13.1 Å². The molecular weight excluding hydrogens is 330 g/mol. The van der Waals surface area contributed by atoms with Crippen LogP contribution < -0.4 is 9.46 Å². The number of ether oxygens (including phenoxy) is 1. The minimum Gasteiger partial charge on any atom is -0.494 e. The zero-order valence-electron chi connectivity index (χ0n) is 13.3. The maximum absolute atomic E-state index is 12.7. The van der Waals surface area contributed by atoms with Crippen molar-refractivity contribution >= 4 is 10.0 Å². The van der Waals surface area contributed by atoms with E-state index in [2.05, 4.69) is 20.2 Å². The van der Waals surface area contributed by atoms with E-state index < -0.39 is 10.0 Å². The van der Waals surface area contributed by atoms with Crippen LogP contribution in [0.2, 0.25) is 0 Å². The second kappa shape index (κ2) is 5.82. The zero-order chi connectivity index (χ0) is 16.7. The molecule has 2 fully saturated rings. The van der Waals surface area contributed by atoms with E-state index in [1.165, 1.54) is 30.6 Å². The molecule has 0 saturated heterocycles. The second-order valence-electron chi connectivity index (χ2n) is 6.49. The topological polar surface area (TPSA) is 99.0 Å². The molecule has 1 aromatic carbocycles. The van der Waals surface area contributed by atoms with Gasteiger partial charge in [-0.2, -0.15) is 4.68 Å². The Morgan fingerprint density at radius 3 is 2.79 bits per heavy atom. The van der Waals surface area contributed by atoms with E-state index in [-0.39, 0.29) is 10.9 Å². The number of hydrogen-bond donors (Lipinski definition) is 1. The highest BCUT2D eigenvalue weighted by Crippen LogP contribution is 2.44. The third-order valence-electron chi connectivity index (χ3n) is 5.10. The van der Waals surface area contributed by atoms with Crippen LogP contribution in [0.15, 0.2) is 29.4 Å². The number of fused-ring (bicyclic) bond motifs is 2. The molecule has 128 valence electrons. The molecule has 1 aromatic heterocycles. The summed E-state index contributed by atoms with van der Waals surface area (Å²) in [6, 6.07) is 4.76. The first-order chi connectivity index (χ1) is 11.6. The van der Waals surface area contributed by atoms with Crippen molar-refractivity contribution in [3.05, 3.63) is 24.5 Å². The molecule has 0 aliphatic heterocycles. The third-order valence-corrected chi connectivity index (χ3v) is 6.59. The molecule has 4 rings (SSSR count). The van der Waals surface area contributed by atoms with E-state index in [0.29, 0.717) is 23.3 Å². The van der Waals surface area contributed by atoms with Gasteiger partial charge in [-0.15, -0.1) is 5.10 Å².